The summed E-state index contributed by atoms with van der Waals surface area (Å²) in [5, 5.41) is 20.4. The van der Waals surface area contributed by atoms with E-state index in [1.807, 2.05) is 26.0 Å². The van der Waals surface area contributed by atoms with Crippen LogP contribution in [0.15, 0.2) is 24.5 Å². The molecule has 0 radical (unpaired) electrons. The number of ether oxygens (including phenoxy) is 1. The van der Waals surface area contributed by atoms with Crippen molar-refractivity contribution in [3.05, 3.63) is 24.5 Å². The van der Waals surface area contributed by atoms with Crippen molar-refractivity contribution < 1.29 is 14.2 Å². The second kappa shape index (κ2) is 9.14. The molecule has 176 valence electrons. The number of phenols is 1. The first-order valence-corrected chi connectivity index (χ1v) is 11.5. The Bertz CT molecular complexity index is 1130. The zero-order valence-electron chi connectivity index (χ0n) is 19.4. The monoisotopic (exact) mass is 473 g/mol. The lowest BCUT2D eigenvalue weighted by Crippen LogP contribution is -2.54. The van der Waals surface area contributed by atoms with Gasteiger partial charge in [-0.05, 0) is 52.4 Å². The molecule has 2 aromatic heterocycles. The highest BCUT2D eigenvalue weighted by atomic mass is 32.1. The molecular formula is C22H28FN7O2S. The molecule has 2 heterocycles. The fourth-order valence-corrected chi connectivity index (χ4v) is 4.98. The second-order valence-corrected chi connectivity index (χ2v) is 9.70. The zero-order chi connectivity index (χ0) is 23.8. The standard InChI is InChI=1S/C22H28FN7O2S/c1-22(29(2)3)9-8-15(23)16(11-22)30(4)21-28-27-19(33-21)14-7-6-13(10-17(14)31)18-24-12-25-20(26-18)32-5/h6-7,10,12,15-16,31H,8-9,11H2,1-5H3/t15?,16-,22-/m0/s1. The van der Waals surface area contributed by atoms with Gasteiger partial charge in [0.05, 0.1) is 18.7 Å². The lowest BCUT2D eigenvalue weighted by molar-refractivity contribution is 0.0663. The van der Waals surface area contributed by atoms with E-state index in [2.05, 4.69) is 37.0 Å². The molecule has 1 unspecified atom stereocenters. The van der Waals surface area contributed by atoms with E-state index in [0.29, 0.717) is 39.9 Å². The number of alkyl halides is 1. The Morgan fingerprint density at radius 2 is 2.00 bits per heavy atom. The number of hydrogen-bond donors (Lipinski definition) is 1. The van der Waals surface area contributed by atoms with Gasteiger partial charge in [0.2, 0.25) is 5.13 Å². The van der Waals surface area contributed by atoms with Crippen LogP contribution in [0.5, 0.6) is 11.8 Å². The minimum absolute atomic E-state index is 0.0263. The van der Waals surface area contributed by atoms with E-state index in [9.17, 15) is 9.50 Å². The molecule has 11 heteroatoms. The Kier molecular flexibility index (Phi) is 6.44. The van der Waals surface area contributed by atoms with Crippen LogP contribution in [0.2, 0.25) is 0 Å². The highest BCUT2D eigenvalue weighted by molar-refractivity contribution is 7.18. The molecule has 0 spiro atoms. The van der Waals surface area contributed by atoms with E-state index in [1.165, 1.54) is 24.8 Å². The predicted molar refractivity (Wildman–Crippen MR) is 125 cm³/mol. The average molecular weight is 474 g/mol. The van der Waals surface area contributed by atoms with Crippen LogP contribution in [0.3, 0.4) is 0 Å². The molecule has 1 saturated carbocycles. The summed E-state index contributed by atoms with van der Waals surface area (Å²) in [5.41, 5.74) is 1.08. The van der Waals surface area contributed by atoms with Gasteiger partial charge >= 0.3 is 6.01 Å². The number of anilines is 1. The van der Waals surface area contributed by atoms with Crippen molar-refractivity contribution in [2.75, 3.05) is 33.2 Å². The van der Waals surface area contributed by atoms with Gasteiger partial charge < -0.3 is 19.6 Å². The number of rotatable bonds is 6. The fourth-order valence-electron chi connectivity index (χ4n) is 4.09. The van der Waals surface area contributed by atoms with Crippen molar-refractivity contribution in [1.29, 1.82) is 0 Å². The Hall–Kier alpha value is -2.92. The summed E-state index contributed by atoms with van der Waals surface area (Å²) in [6, 6.07) is 5.00. The van der Waals surface area contributed by atoms with Gasteiger partial charge in [-0.2, -0.15) is 9.97 Å². The quantitative estimate of drug-likeness (QED) is 0.577. The van der Waals surface area contributed by atoms with Gasteiger partial charge in [-0.3, -0.25) is 0 Å². The van der Waals surface area contributed by atoms with Crippen LogP contribution in [0.1, 0.15) is 26.2 Å². The molecule has 1 aromatic carbocycles. The number of methoxy groups -OCH3 is 1. The van der Waals surface area contributed by atoms with Gasteiger partial charge in [0.15, 0.2) is 10.8 Å². The smallest absolute Gasteiger partial charge is 0.319 e. The molecule has 9 nitrogen and oxygen atoms in total. The third-order valence-electron chi connectivity index (χ3n) is 6.54. The lowest BCUT2D eigenvalue weighted by atomic mass is 9.78. The van der Waals surface area contributed by atoms with Gasteiger partial charge in [0.1, 0.15) is 18.2 Å². The maximum atomic E-state index is 14.9. The third-order valence-corrected chi connectivity index (χ3v) is 7.58. The predicted octanol–water partition coefficient (Wildman–Crippen LogP) is 3.42. The van der Waals surface area contributed by atoms with E-state index >= 15 is 0 Å². The molecule has 1 N–H and O–H groups in total. The second-order valence-electron chi connectivity index (χ2n) is 8.75. The lowest BCUT2D eigenvalue weighted by Gasteiger charge is -2.46. The van der Waals surface area contributed by atoms with E-state index < -0.39 is 6.17 Å². The van der Waals surface area contributed by atoms with Crippen LogP contribution in [0.25, 0.3) is 22.0 Å². The molecule has 1 fully saturated rings. The Balaban J connectivity index is 1.56. The molecule has 0 saturated heterocycles. The fraction of sp³-hybridized carbons (Fsp3) is 0.500. The molecule has 1 aliphatic carbocycles. The Labute approximate surface area is 196 Å². The Morgan fingerprint density at radius 3 is 2.70 bits per heavy atom. The summed E-state index contributed by atoms with van der Waals surface area (Å²) in [6.45, 7) is 2.17. The van der Waals surface area contributed by atoms with Crippen molar-refractivity contribution >= 4 is 16.5 Å². The molecule has 1 aliphatic rings. The number of nitrogens with zero attached hydrogens (tertiary/aromatic N) is 7. The normalized spacial score (nSPS) is 23.0. The number of hydrogen-bond acceptors (Lipinski definition) is 10. The number of aromatic hydroxyl groups is 1. The zero-order valence-corrected chi connectivity index (χ0v) is 20.2. The minimum Gasteiger partial charge on any atom is -0.507 e. The largest absolute Gasteiger partial charge is 0.507 e. The molecule has 3 atom stereocenters. The maximum absolute atomic E-state index is 14.9. The van der Waals surface area contributed by atoms with Crippen LogP contribution in [-0.2, 0) is 0 Å². The van der Waals surface area contributed by atoms with Gasteiger partial charge in [-0.1, -0.05) is 17.4 Å². The van der Waals surface area contributed by atoms with Crippen molar-refractivity contribution in [1.82, 2.24) is 30.0 Å². The molecule has 0 bridgehead atoms. The van der Waals surface area contributed by atoms with Crippen LogP contribution >= 0.6 is 11.3 Å². The van der Waals surface area contributed by atoms with Crippen LogP contribution in [0, 0.1) is 0 Å². The van der Waals surface area contributed by atoms with E-state index in [0.717, 1.165) is 6.42 Å². The molecular weight excluding hydrogens is 445 g/mol. The van der Waals surface area contributed by atoms with Crippen molar-refractivity contribution in [3.8, 4) is 33.7 Å². The first kappa shape index (κ1) is 23.2. The molecule has 3 aromatic rings. The van der Waals surface area contributed by atoms with Crippen molar-refractivity contribution in [2.45, 2.75) is 43.9 Å². The molecule has 0 aliphatic heterocycles. The van der Waals surface area contributed by atoms with E-state index in [1.54, 1.807) is 18.2 Å². The first-order chi connectivity index (χ1) is 15.7. The van der Waals surface area contributed by atoms with Crippen LogP contribution in [0.4, 0.5) is 9.52 Å². The summed E-state index contributed by atoms with van der Waals surface area (Å²) in [5.74, 6) is 0.412. The SMILES string of the molecule is COc1ncnc(-c2ccc(-c3nnc(N(C)[C@H]4C[C@@](C)(N(C)C)CCC4F)s3)c(O)c2)n1. The topological polar surface area (TPSA) is 100 Å². The van der Waals surface area contributed by atoms with Gasteiger partial charge in [0.25, 0.3) is 0 Å². The summed E-state index contributed by atoms with van der Waals surface area (Å²) < 4.78 is 19.9. The first-order valence-electron chi connectivity index (χ1n) is 10.7. The van der Waals surface area contributed by atoms with Gasteiger partial charge in [0, 0.05) is 18.2 Å². The highest BCUT2D eigenvalue weighted by Gasteiger charge is 2.41. The summed E-state index contributed by atoms with van der Waals surface area (Å²) in [4.78, 5) is 16.3. The maximum Gasteiger partial charge on any atom is 0.319 e. The van der Waals surface area contributed by atoms with Crippen LogP contribution in [-0.4, -0.2) is 81.2 Å². The average Bonchev–Trinajstić information content (AvgIpc) is 3.30. The van der Waals surface area contributed by atoms with Gasteiger partial charge in [-0.15, -0.1) is 10.2 Å². The molecule has 33 heavy (non-hydrogen) atoms. The van der Waals surface area contributed by atoms with Crippen molar-refractivity contribution in [3.63, 3.8) is 0 Å². The van der Waals surface area contributed by atoms with Crippen molar-refractivity contribution in [2.24, 2.45) is 0 Å². The summed E-state index contributed by atoms with van der Waals surface area (Å²) in [7, 11) is 7.42. The third kappa shape index (κ3) is 4.60. The molecule has 4 rings (SSSR count). The number of halogens is 1. The number of aromatic nitrogens is 5. The number of benzene rings is 1. The van der Waals surface area contributed by atoms with E-state index in [-0.39, 0.29) is 23.3 Å². The van der Waals surface area contributed by atoms with Crippen LogP contribution < -0.4 is 9.64 Å². The Morgan fingerprint density at radius 1 is 1.21 bits per heavy atom. The number of phenolic OH excluding ortho intramolecular Hbond substituents is 1. The van der Waals surface area contributed by atoms with E-state index in [4.69, 9.17) is 4.74 Å². The molecule has 0 amide bonds. The minimum atomic E-state index is -0.930. The van der Waals surface area contributed by atoms with Gasteiger partial charge in [-0.25, -0.2) is 9.37 Å². The summed E-state index contributed by atoms with van der Waals surface area (Å²) >= 11 is 1.32. The summed E-state index contributed by atoms with van der Waals surface area (Å²) in [6.07, 6.45) is 2.45. The highest BCUT2D eigenvalue weighted by Crippen LogP contribution is 2.40.